The molecule has 0 saturated carbocycles. The van der Waals surface area contributed by atoms with Crippen LogP contribution >= 0.6 is 0 Å². The molecule has 3 nitrogen and oxygen atoms in total. The molecule has 1 aromatic heterocycles. The molecule has 2 aromatic rings. The van der Waals surface area contributed by atoms with Crippen LogP contribution in [0.4, 0.5) is 13.2 Å². The fourth-order valence-corrected chi connectivity index (χ4v) is 1.61. The first kappa shape index (κ1) is 12.5. The third kappa shape index (κ3) is 2.48. The molecule has 94 valence electrons. The second-order valence-electron chi connectivity index (χ2n) is 3.66. The summed E-state index contributed by atoms with van der Waals surface area (Å²) in [7, 11) is 0. The molecular formula is C12H9F3N2O. The maximum atomic E-state index is 12.5. The standard InChI is InChI=1S/C12H9F3N2O/c13-12(14,15)11(18)10-4-2-1-3-9(10)8-5-16-7-17-6-8/h1-7,11,18H. The van der Waals surface area contributed by atoms with Crippen molar-refractivity contribution >= 4 is 0 Å². The second-order valence-corrected chi connectivity index (χ2v) is 3.66. The minimum Gasteiger partial charge on any atom is -0.379 e. The quantitative estimate of drug-likeness (QED) is 0.896. The van der Waals surface area contributed by atoms with E-state index in [1.807, 2.05) is 0 Å². The van der Waals surface area contributed by atoms with Crippen molar-refractivity contribution in [3.05, 3.63) is 48.5 Å². The molecule has 1 N–H and O–H groups in total. The van der Waals surface area contributed by atoms with Gasteiger partial charge in [0.2, 0.25) is 0 Å². The highest BCUT2D eigenvalue weighted by Crippen LogP contribution is 2.37. The molecule has 1 unspecified atom stereocenters. The number of halogens is 3. The summed E-state index contributed by atoms with van der Waals surface area (Å²) in [6, 6.07) is 5.76. The molecule has 0 spiro atoms. The van der Waals surface area contributed by atoms with Gasteiger partial charge in [-0.05, 0) is 11.1 Å². The SMILES string of the molecule is OC(c1ccccc1-c1cncnc1)C(F)(F)F. The van der Waals surface area contributed by atoms with Crippen molar-refractivity contribution < 1.29 is 18.3 Å². The van der Waals surface area contributed by atoms with Crippen molar-refractivity contribution in [3.63, 3.8) is 0 Å². The van der Waals surface area contributed by atoms with E-state index in [2.05, 4.69) is 9.97 Å². The number of aliphatic hydroxyl groups excluding tert-OH is 1. The van der Waals surface area contributed by atoms with Gasteiger partial charge in [-0.3, -0.25) is 0 Å². The highest BCUT2D eigenvalue weighted by atomic mass is 19.4. The number of rotatable bonds is 2. The van der Waals surface area contributed by atoms with E-state index < -0.39 is 12.3 Å². The van der Waals surface area contributed by atoms with E-state index in [4.69, 9.17) is 0 Å². The lowest BCUT2D eigenvalue weighted by atomic mass is 9.98. The van der Waals surface area contributed by atoms with Crippen molar-refractivity contribution in [2.24, 2.45) is 0 Å². The van der Waals surface area contributed by atoms with E-state index in [9.17, 15) is 18.3 Å². The van der Waals surface area contributed by atoms with Crippen LogP contribution in [0.5, 0.6) is 0 Å². The third-order valence-electron chi connectivity index (χ3n) is 2.44. The summed E-state index contributed by atoms with van der Waals surface area (Å²) in [4.78, 5) is 7.50. The molecule has 1 aromatic carbocycles. The van der Waals surface area contributed by atoms with Crippen LogP contribution in [0.1, 0.15) is 11.7 Å². The Bertz CT molecular complexity index is 528. The normalized spacial score (nSPS) is 13.3. The molecule has 1 atom stereocenters. The first-order valence-electron chi connectivity index (χ1n) is 5.09. The smallest absolute Gasteiger partial charge is 0.379 e. The Balaban J connectivity index is 2.51. The molecule has 0 aliphatic rings. The van der Waals surface area contributed by atoms with E-state index in [1.165, 1.54) is 36.9 Å². The summed E-state index contributed by atoms with van der Waals surface area (Å²) in [6.07, 6.45) is -3.14. The summed E-state index contributed by atoms with van der Waals surface area (Å²) in [5, 5.41) is 9.33. The van der Waals surface area contributed by atoms with Crippen LogP contribution in [-0.2, 0) is 0 Å². The van der Waals surface area contributed by atoms with E-state index in [0.717, 1.165) is 0 Å². The van der Waals surface area contributed by atoms with E-state index in [0.29, 0.717) is 5.56 Å². The Labute approximate surface area is 101 Å². The van der Waals surface area contributed by atoms with Gasteiger partial charge in [0, 0.05) is 18.0 Å². The predicted octanol–water partition coefficient (Wildman–Crippen LogP) is 2.74. The number of benzene rings is 1. The Morgan fingerprint density at radius 3 is 2.28 bits per heavy atom. The van der Waals surface area contributed by atoms with Crippen molar-refractivity contribution in [2.45, 2.75) is 12.3 Å². The monoisotopic (exact) mass is 254 g/mol. The maximum absolute atomic E-state index is 12.5. The highest BCUT2D eigenvalue weighted by molar-refractivity contribution is 5.66. The number of alkyl halides is 3. The summed E-state index contributed by atoms with van der Waals surface area (Å²) >= 11 is 0. The minimum absolute atomic E-state index is 0.209. The zero-order valence-corrected chi connectivity index (χ0v) is 9.09. The largest absolute Gasteiger partial charge is 0.418 e. The lowest BCUT2D eigenvalue weighted by Crippen LogP contribution is -2.20. The van der Waals surface area contributed by atoms with Gasteiger partial charge in [0.1, 0.15) is 6.33 Å². The van der Waals surface area contributed by atoms with Gasteiger partial charge < -0.3 is 5.11 Å². The van der Waals surface area contributed by atoms with E-state index >= 15 is 0 Å². The summed E-state index contributed by atoms with van der Waals surface area (Å²) in [5.74, 6) is 0. The average molecular weight is 254 g/mol. The van der Waals surface area contributed by atoms with E-state index in [1.54, 1.807) is 6.07 Å². The third-order valence-corrected chi connectivity index (χ3v) is 2.44. The fourth-order valence-electron chi connectivity index (χ4n) is 1.61. The summed E-state index contributed by atoms with van der Waals surface area (Å²) < 4.78 is 37.6. The summed E-state index contributed by atoms with van der Waals surface area (Å²) in [5.41, 5.74) is 0.485. The number of aromatic nitrogens is 2. The first-order valence-corrected chi connectivity index (χ1v) is 5.09. The highest BCUT2D eigenvalue weighted by Gasteiger charge is 2.40. The Hall–Kier alpha value is -1.95. The van der Waals surface area contributed by atoms with Gasteiger partial charge >= 0.3 is 6.18 Å². The van der Waals surface area contributed by atoms with Crippen molar-refractivity contribution in [2.75, 3.05) is 0 Å². The molecule has 2 rings (SSSR count). The van der Waals surface area contributed by atoms with Crippen LogP contribution in [0.3, 0.4) is 0 Å². The molecule has 0 radical (unpaired) electrons. The molecule has 1 heterocycles. The Morgan fingerprint density at radius 1 is 1.06 bits per heavy atom. The van der Waals surface area contributed by atoms with Gasteiger partial charge in [0.15, 0.2) is 6.10 Å². The molecule has 0 bridgehead atoms. The van der Waals surface area contributed by atoms with Gasteiger partial charge in [-0.25, -0.2) is 9.97 Å². The second kappa shape index (κ2) is 4.73. The molecule has 0 fully saturated rings. The molecular weight excluding hydrogens is 245 g/mol. The Kier molecular flexibility index (Phi) is 3.29. The van der Waals surface area contributed by atoms with Gasteiger partial charge in [-0.15, -0.1) is 0 Å². The number of hydrogen-bond donors (Lipinski definition) is 1. The van der Waals surface area contributed by atoms with Crippen LogP contribution in [-0.4, -0.2) is 21.3 Å². The van der Waals surface area contributed by atoms with Crippen molar-refractivity contribution in [3.8, 4) is 11.1 Å². The van der Waals surface area contributed by atoms with Gasteiger partial charge in [-0.1, -0.05) is 24.3 Å². The number of nitrogens with zero attached hydrogens (tertiary/aromatic N) is 2. The topological polar surface area (TPSA) is 46.0 Å². The predicted molar refractivity (Wildman–Crippen MR) is 58.5 cm³/mol. The molecule has 18 heavy (non-hydrogen) atoms. The lowest BCUT2D eigenvalue weighted by molar-refractivity contribution is -0.206. The number of aliphatic hydroxyl groups is 1. The van der Waals surface area contributed by atoms with Crippen LogP contribution < -0.4 is 0 Å². The molecule has 0 saturated heterocycles. The zero-order valence-electron chi connectivity index (χ0n) is 9.09. The van der Waals surface area contributed by atoms with Gasteiger partial charge in [0.25, 0.3) is 0 Å². The molecule has 6 heteroatoms. The molecule has 0 amide bonds. The first-order chi connectivity index (χ1) is 8.50. The van der Waals surface area contributed by atoms with Crippen LogP contribution in [0.15, 0.2) is 43.0 Å². The van der Waals surface area contributed by atoms with Gasteiger partial charge in [-0.2, -0.15) is 13.2 Å². The zero-order chi connectivity index (χ0) is 13.2. The fraction of sp³-hybridized carbons (Fsp3) is 0.167. The summed E-state index contributed by atoms with van der Waals surface area (Å²) in [6.45, 7) is 0. The van der Waals surface area contributed by atoms with E-state index in [-0.39, 0.29) is 11.1 Å². The van der Waals surface area contributed by atoms with Crippen LogP contribution in [0, 0.1) is 0 Å². The van der Waals surface area contributed by atoms with Crippen LogP contribution in [0.2, 0.25) is 0 Å². The van der Waals surface area contributed by atoms with Crippen LogP contribution in [0.25, 0.3) is 11.1 Å². The lowest BCUT2D eigenvalue weighted by Gasteiger charge is -2.18. The van der Waals surface area contributed by atoms with Crippen molar-refractivity contribution in [1.82, 2.24) is 9.97 Å². The molecule has 0 aliphatic heterocycles. The maximum Gasteiger partial charge on any atom is 0.418 e. The van der Waals surface area contributed by atoms with Gasteiger partial charge in [0.05, 0.1) is 0 Å². The minimum atomic E-state index is -4.70. The molecule has 0 aliphatic carbocycles. The average Bonchev–Trinajstić information content (AvgIpc) is 2.38. The number of hydrogen-bond acceptors (Lipinski definition) is 3. The Morgan fingerprint density at radius 2 is 1.67 bits per heavy atom. The van der Waals surface area contributed by atoms with Crippen molar-refractivity contribution in [1.29, 1.82) is 0 Å².